The summed E-state index contributed by atoms with van der Waals surface area (Å²) < 4.78 is 14.4. The highest BCUT2D eigenvalue weighted by Crippen LogP contribution is 2.38. The number of benzene rings is 2. The highest BCUT2D eigenvalue weighted by molar-refractivity contribution is 5.65. The van der Waals surface area contributed by atoms with E-state index < -0.39 is 0 Å². The van der Waals surface area contributed by atoms with Gasteiger partial charge >= 0.3 is 0 Å². The van der Waals surface area contributed by atoms with Gasteiger partial charge in [-0.2, -0.15) is 0 Å². The van der Waals surface area contributed by atoms with Crippen molar-refractivity contribution in [2.75, 3.05) is 0 Å². The molecule has 1 saturated carbocycles. The summed E-state index contributed by atoms with van der Waals surface area (Å²) in [6, 6.07) is 13.8. The van der Waals surface area contributed by atoms with Gasteiger partial charge in [0.2, 0.25) is 0 Å². The molecular weight excluding hydrogens is 307 g/mol. The Balaban J connectivity index is 1.71. The third kappa shape index (κ3) is 4.31. The van der Waals surface area contributed by atoms with Gasteiger partial charge in [0.1, 0.15) is 5.82 Å². The van der Waals surface area contributed by atoms with Gasteiger partial charge in [0.15, 0.2) is 0 Å². The summed E-state index contributed by atoms with van der Waals surface area (Å²) in [6.07, 6.45) is 7.98. The number of hydrogen-bond acceptors (Lipinski definition) is 0. The van der Waals surface area contributed by atoms with Crippen molar-refractivity contribution in [1.29, 1.82) is 0 Å². The van der Waals surface area contributed by atoms with Crippen LogP contribution in [0.3, 0.4) is 0 Å². The second-order valence-electron chi connectivity index (χ2n) is 7.20. The molecule has 0 saturated heterocycles. The van der Waals surface area contributed by atoms with E-state index in [4.69, 9.17) is 0 Å². The fourth-order valence-corrected chi connectivity index (χ4v) is 4.10. The van der Waals surface area contributed by atoms with Crippen LogP contribution in [0.15, 0.2) is 42.5 Å². The molecule has 1 aliphatic rings. The number of halogens is 1. The monoisotopic (exact) mass is 334 g/mol. The molecular formula is C24H27F. The first-order valence-electron chi connectivity index (χ1n) is 9.54. The first-order valence-corrected chi connectivity index (χ1v) is 9.54. The van der Waals surface area contributed by atoms with E-state index in [0.29, 0.717) is 11.5 Å². The first-order chi connectivity index (χ1) is 12.2. The molecule has 1 fully saturated rings. The topological polar surface area (TPSA) is 0 Å². The molecule has 130 valence electrons. The molecule has 0 aliphatic heterocycles. The smallest absolute Gasteiger partial charge is 0.132 e. The zero-order valence-electron chi connectivity index (χ0n) is 15.3. The van der Waals surface area contributed by atoms with E-state index in [9.17, 15) is 4.39 Å². The van der Waals surface area contributed by atoms with Crippen LogP contribution in [0.4, 0.5) is 4.39 Å². The summed E-state index contributed by atoms with van der Waals surface area (Å²) in [6.45, 7) is 4.05. The van der Waals surface area contributed by atoms with Gasteiger partial charge in [-0.1, -0.05) is 56.0 Å². The summed E-state index contributed by atoms with van der Waals surface area (Å²) >= 11 is 0. The maximum absolute atomic E-state index is 14.4. The lowest BCUT2D eigenvalue weighted by atomic mass is 9.77. The fraction of sp³-hybridized carbons (Fsp3) is 0.417. The predicted molar refractivity (Wildman–Crippen MR) is 104 cm³/mol. The van der Waals surface area contributed by atoms with Gasteiger partial charge in [-0.25, -0.2) is 4.39 Å². The minimum absolute atomic E-state index is 0.201. The molecule has 0 spiro atoms. The van der Waals surface area contributed by atoms with Crippen molar-refractivity contribution < 1.29 is 4.39 Å². The summed E-state index contributed by atoms with van der Waals surface area (Å²) in [7, 11) is 0. The normalized spacial score (nSPS) is 20.0. The minimum Gasteiger partial charge on any atom is -0.206 e. The fourth-order valence-electron chi connectivity index (χ4n) is 4.10. The SMILES string of the molecule is CC#Cc1ccc(-c2ccc([C@H]3CC[C@H](CCC)CC3)cc2)c(F)c1. The van der Waals surface area contributed by atoms with E-state index >= 15 is 0 Å². The van der Waals surface area contributed by atoms with E-state index in [1.807, 2.05) is 12.1 Å². The molecule has 0 atom stereocenters. The van der Waals surface area contributed by atoms with Crippen molar-refractivity contribution in [3.8, 4) is 23.0 Å². The second kappa shape index (κ2) is 8.34. The zero-order chi connectivity index (χ0) is 17.6. The standard InChI is InChI=1S/C24H27F/c1-3-5-18-7-10-20(11-8-18)21-12-14-22(15-13-21)23-16-9-19(6-4-2)17-24(23)25/h9,12-18,20H,3,5,7-8,10-11H2,1-2H3/t18-,20-. The van der Waals surface area contributed by atoms with Crippen LogP contribution in [-0.2, 0) is 0 Å². The third-order valence-corrected chi connectivity index (χ3v) is 5.48. The van der Waals surface area contributed by atoms with Crippen LogP contribution < -0.4 is 0 Å². The summed E-state index contributed by atoms with van der Waals surface area (Å²) in [5, 5.41) is 0. The van der Waals surface area contributed by atoms with E-state index in [-0.39, 0.29) is 5.82 Å². The van der Waals surface area contributed by atoms with Crippen molar-refractivity contribution >= 4 is 0 Å². The van der Waals surface area contributed by atoms with Gasteiger partial charge in [-0.15, -0.1) is 5.92 Å². The Labute approximate surface area is 151 Å². The number of hydrogen-bond donors (Lipinski definition) is 0. The van der Waals surface area contributed by atoms with Gasteiger partial charge in [0, 0.05) is 11.1 Å². The van der Waals surface area contributed by atoms with Crippen molar-refractivity contribution in [3.05, 3.63) is 59.4 Å². The van der Waals surface area contributed by atoms with Crippen LogP contribution in [0.1, 0.15) is 69.4 Å². The van der Waals surface area contributed by atoms with E-state index in [2.05, 4.69) is 43.0 Å². The molecule has 25 heavy (non-hydrogen) atoms. The molecule has 0 nitrogen and oxygen atoms in total. The summed E-state index contributed by atoms with van der Waals surface area (Å²) in [5.74, 6) is 7.11. The lowest BCUT2D eigenvalue weighted by Crippen LogP contribution is -2.13. The molecule has 0 unspecified atom stereocenters. The molecule has 0 aromatic heterocycles. The average Bonchev–Trinajstić information content (AvgIpc) is 2.63. The lowest BCUT2D eigenvalue weighted by Gasteiger charge is -2.28. The molecule has 2 aromatic rings. The van der Waals surface area contributed by atoms with Crippen molar-refractivity contribution in [2.45, 2.75) is 58.3 Å². The van der Waals surface area contributed by atoms with Gasteiger partial charge < -0.3 is 0 Å². The Morgan fingerprint density at radius 3 is 2.32 bits per heavy atom. The first kappa shape index (κ1) is 17.7. The van der Waals surface area contributed by atoms with Crippen molar-refractivity contribution in [2.24, 2.45) is 5.92 Å². The number of rotatable bonds is 4. The van der Waals surface area contributed by atoms with Crippen LogP contribution in [0.2, 0.25) is 0 Å². The Morgan fingerprint density at radius 2 is 1.72 bits per heavy atom. The Bertz CT molecular complexity index is 753. The summed E-state index contributed by atoms with van der Waals surface area (Å²) in [5.41, 5.74) is 3.73. The minimum atomic E-state index is -0.201. The molecule has 1 aliphatic carbocycles. The Hall–Kier alpha value is -2.07. The predicted octanol–water partition coefficient (Wildman–Crippen LogP) is 6.94. The molecule has 0 heterocycles. The van der Waals surface area contributed by atoms with Gasteiger partial charge in [-0.3, -0.25) is 0 Å². The van der Waals surface area contributed by atoms with Crippen molar-refractivity contribution in [1.82, 2.24) is 0 Å². The lowest BCUT2D eigenvalue weighted by molar-refractivity contribution is 0.308. The van der Waals surface area contributed by atoms with Gasteiger partial charge in [-0.05, 0) is 67.7 Å². The Kier molecular flexibility index (Phi) is 5.92. The molecule has 0 amide bonds. The van der Waals surface area contributed by atoms with Gasteiger partial charge in [0.25, 0.3) is 0 Å². The van der Waals surface area contributed by atoms with Crippen LogP contribution in [-0.4, -0.2) is 0 Å². The van der Waals surface area contributed by atoms with Crippen molar-refractivity contribution in [3.63, 3.8) is 0 Å². The average molecular weight is 334 g/mol. The highest BCUT2D eigenvalue weighted by Gasteiger charge is 2.21. The largest absolute Gasteiger partial charge is 0.206 e. The van der Waals surface area contributed by atoms with Crippen LogP contribution >= 0.6 is 0 Å². The molecule has 1 heteroatoms. The summed E-state index contributed by atoms with van der Waals surface area (Å²) in [4.78, 5) is 0. The quantitative estimate of drug-likeness (QED) is 0.531. The highest BCUT2D eigenvalue weighted by atomic mass is 19.1. The third-order valence-electron chi connectivity index (χ3n) is 5.48. The van der Waals surface area contributed by atoms with Crippen LogP contribution in [0.5, 0.6) is 0 Å². The van der Waals surface area contributed by atoms with Crippen LogP contribution in [0, 0.1) is 23.6 Å². The second-order valence-corrected chi connectivity index (χ2v) is 7.20. The molecule has 2 aromatic carbocycles. The molecule has 3 rings (SSSR count). The zero-order valence-corrected chi connectivity index (χ0v) is 15.3. The molecule has 0 radical (unpaired) electrons. The van der Waals surface area contributed by atoms with E-state index in [1.165, 1.54) is 50.2 Å². The van der Waals surface area contributed by atoms with E-state index in [0.717, 1.165) is 17.0 Å². The van der Waals surface area contributed by atoms with E-state index in [1.54, 1.807) is 6.92 Å². The van der Waals surface area contributed by atoms with Crippen LogP contribution in [0.25, 0.3) is 11.1 Å². The maximum Gasteiger partial charge on any atom is 0.132 e. The Morgan fingerprint density at radius 1 is 1.00 bits per heavy atom. The maximum atomic E-state index is 14.4. The van der Waals surface area contributed by atoms with Gasteiger partial charge in [0.05, 0.1) is 0 Å². The molecule has 0 N–H and O–H groups in total. The molecule has 0 bridgehead atoms.